The SMILES string of the molecule is CC(C)(C)OC(=O)N1CCC(F)(F)CC1C#N.CC(C)(C)OC(=O)N1CCC(F)(F)CC1C(=O)O.CC(C)(C)OC(=O)N1CCC(F)(F)CC1C(N)=O.COC(=O)C1CC(F)(F)CCN1C(=O)OC(C)(C)C.COC(=O)C1CC(F)(F)CCN1C(=O)OCc1ccccc1.COC(=O)C1CC(O)CCN1.COC(=O)C1CC(O)CCN1C(=O)OCc1ccccc1.COC(=O)C1CC(O)CCN1C(=O)OCc1ccccc1. The smallest absolute Gasteiger partial charge is 0.411 e. The van der Waals surface area contributed by atoms with Crippen molar-refractivity contribution in [2.75, 3.05) is 87.9 Å². The second-order valence-corrected chi connectivity index (χ2v) is 39.1. The Bertz CT molecular complexity index is 4660. The predicted molar refractivity (Wildman–Crippen MR) is 499 cm³/mol. The highest BCUT2D eigenvalue weighted by Crippen LogP contribution is 2.39. The van der Waals surface area contributed by atoms with Crippen LogP contribution in [-0.4, -0.2) is 346 Å². The highest BCUT2D eigenvalue weighted by molar-refractivity contribution is 5.86. The highest BCUT2D eigenvalue weighted by Gasteiger charge is 2.52. The molecular weight excluding hydrogens is 1980 g/mol. The van der Waals surface area contributed by atoms with Gasteiger partial charge >= 0.3 is 78.5 Å². The second-order valence-electron chi connectivity index (χ2n) is 39.1. The van der Waals surface area contributed by atoms with Gasteiger partial charge in [-0.2, -0.15) is 5.26 Å². The molecule has 8 aliphatic rings. The van der Waals surface area contributed by atoms with Crippen molar-refractivity contribution in [2.24, 2.45) is 5.73 Å². The first-order valence-corrected chi connectivity index (χ1v) is 47.0. The number of rotatable bonds is 13. The number of carboxylic acid groups (broad SMARTS) is 1. The maximum atomic E-state index is 13.5. The Labute approximate surface area is 845 Å². The number of ether oxygens (including phenoxy) is 12. The fraction of sp³-hybridized carbons (Fsp3) is 0.660. The molecule has 3 aromatic rings. The zero-order chi connectivity index (χ0) is 111. The number of aliphatic hydroxyl groups excluding tert-OH is 3. The van der Waals surface area contributed by atoms with Crippen LogP contribution in [0.25, 0.3) is 0 Å². The third kappa shape index (κ3) is 45.4. The number of alkyl halides is 10. The summed E-state index contributed by atoms with van der Waals surface area (Å²) in [5.41, 5.74) is 4.58. The summed E-state index contributed by atoms with van der Waals surface area (Å²) in [5, 5.41) is 49.1. The number of aliphatic hydroxyl groups is 3. The summed E-state index contributed by atoms with van der Waals surface area (Å²) in [6, 6.07) is 20.8. The third-order valence-corrected chi connectivity index (χ3v) is 22.4. The number of esters is 5. The van der Waals surface area contributed by atoms with Gasteiger partial charge in [0.1, 0.15) is 90.6 Å². The number of hydrogen-bond acceptors (Lipinski definition) is 31. The number of aliphatic carboxylic acids is 1. The van der Waals surface area contributed by atoms with Gasteiger partial charge in [-0.05, 0) is 132 Å². The van der Waals surface area contributed by atoms with Crippen molar-refractivity contribution in [1.82, 2.24) is 39.6 Å². The molecule has 11 atom stereocenters. The van der Waals surface area contributed by atoms with Crippen LogP contribution < -0.4 is 11.1 Å². The third-order valence-electron chi connectivity index (χ3n) is 22.4. The number of carbonyl (C=O) groups is 14. The molecule has 0 aliphatic carbocycles. The Hall–Kier alpha value is -12.5. The first-order chi connectivity index (χ1) is 68.1. The Kier molecular flexibility index (Phi) is 49.3. The lowest BCUT2D eigenvalue weighted by atomic mass is 9.98. The molecule has 8 saturated heterocycles. The fourth-order valence-electron chi connectivity index (χ4n) is 15.0. The van der Waals surface area contributed by atoms with Crippen molar-refractivity contribution in [3.63, 3.8) is 0 Å². The number of benzene rings is 3. The molecule has 40 nitrogen and oxygen atoms in total. The van der Waals surface area contributed by atoms with Gasteiger partial charge in [0.25, 0.3) is 29.6 Å². The minimum Gasteiger partial charge on any atom is -0.480 e. The number of hydrogen-bond donors (Lipinski definition) is 6. The largest absolute Gasteiger partial charge is 0.480 e. The number of nitrogens with one attached hydrogen (secondary N) is 1. The maximum absolute atomic E-state index is 13.5. The van der Waals surface area contributed by atoms with E-state index in [4.69, 9.17) is 49.3 Å². The van der Waals surface area contributed by atoms with E-state index in [0.29, 0.717) is 32.2 Å². The van der Waals surface area contributed by atoms with Crippen LogP contribution in [0.15, 0.2) is 91.0 Å². The molecule has 0 bridgehead atoms. The van der Waals surface area contributed by atoms with Crippen molar-refractivity contribution in [2.45, 2.75) is 324 Å². The first kappa shape index (κ1) is 127. The van der Waals surface area contributed by atoms with E-state index in [9.17, 15) is 126 Å². The van der Waals surface area contributed by atoms with E-state index in [-0.39, 0.29) is 96.6 Å². The van der Waals surface area contributed by atoms with E-state index < -0.39 is 249 Å². The maximum Gasteiger partial charge on any atom is 0.411 e. The van der Waals surface area contributed by atoms with Crippen molar-refractivity contribution < 1.29 is 188 Å². The summed E-state index contributed by atoms with van der Waals surface area (Å²) in [6.07, 6.45) is -10.5. The van der Waals surface area contributed by atoms with Crippen LogP contribution in [0, 0.1) is 11.3 Å². The van der Waals surface area contributed by atoms with Crippen molar-refractivity contribution in [3.8, 4) is 6.07 Å². The molecule has 3 aromatic carbocycles. The summed E-state index contributed by atoms with van der Waals surface area (Å²) in [5.74, 6) is -20.3. The lowest BCUT2D eigenvalue weighted by molar-refractivity contribution is -0.156. The standard InChI is InChI=1S/C15H17F2NO4.2C15H19NO5.C12H19F2NO4.C11H18F2N2O3.C11H16F2N2O2.C11H17F2NO4.C7H13NO3/c1-21-13(19)12-9-15(16,17)7-8-18(12)14(20)22-10-11-5-3-2-4-6-11;2*1-20-14(18)13-9-12(17)7-8-16(13)15(19)21-10-11-5-3-2-4-6-11;1-11(2,3)19-10(17)15-6-5-12(13,14)7-8(15)9(16)18-4;1-10(2,3)18-9(17)15-5-4-11(12,13)6-7(15)8(14)16;1-10(2,3)17-9(16)15-5-4-11(12,13)6-8(15)7-14;1-10(2,3)18-9(17)14-5-4-11(12,13)6-7(14)8(15)16;1-11-7(10)6-4-5(9)2-3-8-6/h2-6,12H,7-10H2,1H3;2*2-6,12-13,17H,7-10H2,1H3;8H,5-7H2,1-4H3;7H,4-6H2,1-3H3,(H2,14,16);8H,4-6H2,1-3H3;7H,4-6H2,1-3H3,(H,15,16);5-6,8-9H,2-4H2,1H3. The van der Waals surface area contributed by atoms with E-state index in [0.717, 1.165) is 55.4 Å². The van der Waals surface area contributed by atoms with E-state index in [1.807, 2.05) is 66.7 Å². The number of halogens is 10. The zero-order valence-electron chi connectivity index (χ0n) is 85.4. The Morgan fingerprint density at radius 3 is 0.891 bits per heavy atom. The van der Waals surface area contributed by atoms with Crippen LogP contribution in [0.5, 0.6) is 0 Å². The summed E-state index contributed by atoms with van der Waals surface area (Å²) in [4.78, 5) is 171. The molecule has 826 valence electrons. The zero-order valence-corrected chi connectivity index (χ0v) is 85.4. The van der Waals surface area contributed by atoms with Gasteiger partial charge in [-0.25, -0.2) is 101 Å². The van der Waals surface area contributed by atoms with Gasteiger partial charge in [0.15, 0.2) is 0 Å². The van der Waals surface area contributed by atoms with Crippen molar-refractivity contribution in [1.29, 1.82) is 5.26 Å². The first-order valence-electron chi connectivity index (χ1n) is 47.0. The van der Waals surface area contributed by atoms with Gasteiger partial charge in [0.2, 0.25) is 5.91 Å². The minimum atomic E-state index is -3.05. The summed E-state index contributed by atoms with van der Waals surface area (Å²) < 4.78 is 191. The van der Waals surface area contributed by atoms with Crippen molar-refractivity contribution in [3.05, 3.63) is 108 Å². The van der Waals surface area contributed by atoms with Crippen LogP contribution in [0.3, 0.4) is 0 Å². The number of nitrogens with zero attached hydrogens (tertiary/aromatic N) is 8. The van der Waals surface area contributed by atoms with Gasteiger partial charge in [0.05, 0.1) is 59.9 Å². The molecule has 8 heterocycles. The van der Waals surface area contributed by atoms with Crippen LogP contribution in [0.4, 0.5) is 77.5 Å². The summed E-state index contributed by atoms with van der Waals surface area (Å²) in [7, 11) is 6.07. The average molecular weight is 2110 g/mol. The van der Waals surface area contributed by atoms with Gasteiger partial charge in [0, 0.05) is 123 Å². The van der Waals surface area contributed by atoms with Gasteiger partial charge in [-0.1, -0.05) is 91.0 Å². The highest BCUT2D eigenvalue weighted by atomic mass is 19.3. The molecule has 0 radical (unpaired) electrons. The molecule has 7 N–H and O–H groups in total. The van der Waals surface area contributed by atoms with Crippen LogP contribution in [0.1, 0.15) is 203 Å². The number of piperidine rings is 8. The molecule has 0 spiro atoms. The minimum absolute atomic E-state index is 0.0143. The average Bonchev–Trinajstić information content (AvgIpc) is 0.826. The number of carbonyl (C=O) groups excluding carboxylic acids is 13. The lowest BCUT2D eigenvalue weighted by Gasteiger charge is -2.38. The van der Waals surface area contributed by atoms with Crippen LogP contribution in [0.2, 0.25) is 0 Å². The lowest BCUT2D eigenvalue weighted by Crippen LogP contribution is -2.56. The molecule has 11 unspecified atom stereocenters. The number of nitrogens with two attached hydrogens (primary N) is 1. The topological polar surface area (TPSA) is 515 Å². The Morgan fingerprint density at radius 2 is 0.605 bits per heavy atom. The van der Waals surface area contributed by atoms with E-state index in [2.05, 4.69) is 29.0 Å². The van der Waals surface area contributed by atoms with Gasteiger partial charge < -0.3 is 88.3 Å². The quantitative estimate of drug-likeness (QED) is 0.0526. The van der Waals surface area contributed by atoms with Gasteiger partial charge in [-0.3, -0.25) is 43.9 Å². The Morgan fingerprint density at radius 1 is 0.354 bits per heavy atom. The number of carboxylic acids is 1. The number of nitriles is 1. The fourth-order valence-corrected chi connectivity index (χ4v) is 15.0. The van der Waals surface area contributed by atoms with E-state index in [1.165, 1.54) is 31.1 Å². The number of primary amides is 1. The number of amides is 8. The molecular formula is C97H138F10N10O30. The molecule has 11 rings (SSSR count). The number of likely N-dealkylation sites (tertiary alicyclic amines) is 7. The summed E-state index contributed by atoms with van der Waals surface area (Å²) in [6.45, 7) is 20.2. The summed E-state index contributed by atoms with van der Waals surface area (Å²) >= 11 is 0. The molecule has 147 heavy (non-hydrogen) atoms. The Balaban J connectivity index is 0.000000352. The molecule has 8 amide bonds. The molecule has 50 heteroatoms. The second kappa shape index (κ2) is 57.1. The molecule has 0 aromatic heterocycles. The monoisotopic (exact) mass is 2110 g/mol. The molecule has 8 aliphatic heterocycles. The number of methoxy groups -OCH3 is 5. The molecule has 0 saturated carbocycles. The van der Waals surface area contributed by atoms with E-state index >= 15 is 0 Å². The van der Waals surface area contributed by atoms with Crippen LogP contribution in [-0.2, 0) is 110 Å². The molecule has 8 fully saturated rings. The van der Waals surface area contributed by atoms with Crippen LogP contribution >= 0.6 is 0 Å². The van der Waals surface area contributed by atoms with E-state index in [1.54, 1.807) is 113 Å². The normalized spacial score (nSPS) is 23.1. The van der Waals surface area contributed by atoms with Gasteiger partial charge in [-0.15, -0.1) is 0 Å². The predicted octanol–water partition coefficient (Wildman–Crippen LogP) is 12.9. The van der Waals surface area contributed by atoms with Crippen molar-refractivity contribution >= 4 is 84.4 Å².